The van der Waals surface area contributed by atoms with Gasteiger partial charge in [0.05, 0.1) is 28.5 Å². The summed E-state index contributed by atoms with van der Waals surface area (Å²) in [5.41, 5.74) is 2.89. The van der Waals surface area contributed by atoms with E-state index in [-0.39, 0.29) is 4.90 Å². The maximum atomic E-state index is 12.8. The highest BCUT2D eigenvalue weighted by atomic mass is 32.2. The summed E-state index contributed by atoms with van der Waals surface area (Å²) in [6.45, 7) is -0.419. The van der Waals surface area contributed by atoms with E-state index in [0.717, 1.165) is 17.3 Å². The van der Waals surface area contributed by atoms with Crippen LogP contribution in [0.2, 0.25) is 0 Å². The monoisotopic (exact) mass is 467 g/mol. The molecule has 0 radical (unpaired) electrons. The summed E-state index contributed by atoms with van der Waals surface area (Å²) in [7, 11) is -4.17. The largest absolute Gasteiger partial charge is 0.291 e. The van der Waals surface area contributed by atoms with Crippen LogP contribution in [0.4, 0.5) is 8.78 Å². The summed E-state index contributed by atoms with van der Waals surface area (Å²) in [6.07, 6.45) is 2.73. The molecule has 4 rings (SSSR count). The molecule has 0 aliphatic rings. The van der Waals surface area contributed by atoms with E-state index in [9.17, 15) is 22.5 Å². The van der Waals surface area contributed by atoms with Crippen LogP contribution >= 0.6 is 0 Å². The Kier molecular flexibility index (Phi) is 6.18. The Labute approximate surface area is 189 Å². The summed E-state index contributed by atoms with van der Waals surface area (Å²) in [4.78, 5) is 8.45. The Balaban J connectivity index is 1.89. The maximum Gasteiger partial charge on any atom is 0.242 e. The second kappa shape index (κ2) is 9.05. The Morgan fingerprint density at radius 2 is 1.91 bits per heavy atom. The number of alkyl halides is 2. The third-order valence-electron chi connectivity index (χ3n) is 5.10. The van der Waals surface area contributed by atoms with Crippen molar-refractivity contribution < 1.29 is 17.2 Å². The van der Waals surface area contributed by atoms with Gasteiger partial charge in [0.2, 0.25) is 10.0 Å². The number of aromatic nitrogens is 3. The quantitative estimate of drug-likeness (QED) is 0.445. The third-order valence-corrected chi connectivity index (χ3v) is 6.60. The first-order valence-electron chi connectivity index (χ1n) is 9.97. The maximum absolute atomic E-state index is 12.8. The molecule has 0 amide bonds. The lowest BCUT2D eigenvalue weighted by Crippen LogP contribution is -2.37. The van der Waals surface area contributed by atoms with E-state index in [0.29, 0.717) is 28.2 Å². The zero-order valence-corrected chi connectivity index (χ0v) is 18.4. The van der Waals surface area contributed by atoms with Crippen molar-refractivity contribution in [3.63, 3.8) is 0 Å². The minimum atomic E-state index is -4.17. The second-order valence-electron chi connectivity index (χ2n) is 7.39. The molecular weight excluding hydrogens is 448 g/mol. The Bertz CT molecular complexity index is 1440. The van der Waals surface area contributed by atoms with Gasteiger partial charge in [0.25, 0.3) is 0 Å². The van der Waals surface area contributed by atoms with Crippen molar-refractivity contribution in [1.82, 2.24) is 19.3 Å². The lowest BCUT2D eigenvalue weighted by molar-refractivity contribution is 0.334. The molecule has 0 fully saturated rings. The number of nitrogens with zero attached hydrogens (tertiary/aromatic N) is 4. The summed E-state index contributed by atoms with van der Waals surface area (Å²) in [5, 5.41) is 10.7. The first kappa shape index (κ1) is 22.5. The van der Waals surface area contributed by atoms with Gasteiger partial charge in [-0.05, 0) is 43.3 Å². The average Bonchev–Trinajstić information content (AvgIpc) is 3.16. The summed E-state index contributed by atoms with van der Waals surface area (Å²) in [5.74, 6) is 0.566. The molecule has 10 heteroatoms. The van der Waals surface area contributed by atoms with E-state index in [2.05, 4.69) is 16.0 Å². The van der Waals surface area contributed by atoms with Gasteiger partial charge in [-0.3, -0.25) is 9.55 Å². The van der Waals surface area contributed by atoms with Crippen LogP contribution in [0.5, 0.6) is 0 Å². The summed E-state index contributed by atoms with van der Waals surface area (Å²) in [6, 6.07) is 14.6. The van der Waals surface area contributed by atoms with Gasteiger partial charge < -0.3 is 0 Å². The topological polar surface area (TPSA) is 101 Å². The van der Waals surface area contributed by atoms with Gasteiger partial charge in [-0.15, -0.1) is 0 Å². The van der Waals surface area contributed by atoms with Gasteiger partial charge in [-0.2, -0.15) is 5.26 Å². The predicted molar refractivity (Wildman–Crippen MR) is 120 cm³/mol. The number of hydrogen-bond acceptors (Lipinski definition) is 5. The fraction of sp³-hybridized carbons (Fsp3) is 0.174. The lowest BCUT2D eigenvalue weighted by Gasteiger charge is -2.13. The van der Waals surface area contributed by atoms with Crippen LogP contribution in [-0.4, -0.2) is 42.3 Å². The molecule has 3 aromatic heterocycles. The van der Waals surface area contributed by atoms with Gasteiger partial charge in [0.1, 0.15) is 30.1 Å². The fourth-order valence-corrected chi connectivity index (χ4v) is 4.70. The number of aryl methyl sites for hydroxylation is 1. The summed E-state index contributed by atoms with van der Waals surface area (Å²) < 4.78 is 54.2. The summed E-state index contributed by atoms with van der Waals surface area (Å²) >= 11 is 0. The predicted octanol–water partition coefficient (Wildman–Crippen LogP) is 3.85. The minimum Gasteiger partial charge on any atom is -0.291 e. The number of fused-ring (bicyclic) bond motifs is 1. The second-order valence-corrected chi connectivity index (χ2v) is 9.10. The van der Waals surface area contributed by atoms with Crippen LogP contribution in [0.1, 0.15) is 11.1 Å². The normalized spacial score (nSPS) is 11.7. The molecule has 3 heterocycles. The number of nitriles is 1. The van der Waals surface area contributed by atoms with Crippen LogP contribution in [-0.2, 0) is 10.0 Å². The Hall–Kier alpha value is -3.68. The van der Waals surface area contributed by atoms with Crippen molar-refractivity contribution in [2.45, 2.75) is 17.9 Å². The molecule has 168 valence electrons. The van der Waals surface area contributed by atoms with Crippen LogP contribution in [0.25, 0.3) is 28.1 Å². The molecule has 0 saturated heterocycles. The first-order chi connectivity index (χ1) is 15.9. The van der Waals surface area contributed by atoms with E-state index in [1.807, 2.05) is 35.9 Å². The molecule has 0 bridgehead atoms. The molecule has 0 aliphatic carbocycles. The first-order valence-corrected chi connectivity index (χ1v) is 11.4. The van der Waals surface area contributed by atoms with Crippen LogP contribution in [0, 0.1) is 18.3 Å². The van der Waals surface area contributed by atoms with Crippen molar-refractivity contribution in [3.05, 3.63) is 72.1 Å². The number of hydrogen-bond donors (Lipinski definition) is 1. The van der Waals surface area contributed by atoms with Gasteiger partial charge in [0, 0.05) is 17.8 Å². The number of nitrogens with one attached hydrogen (secondary N) is 1. The smallest absolute Gasteiger partial charge is 0.242 e. The van der Waals surface area contributed by atoms with Gasteiger partial charge in [-0.1, -0.05) is 17.7 Å². The van der Waals surface area contributed by atoms with E-state index in [1.54, 1.807) is 22.9 Å². The van der Waals surface area contributed by atoms with Gasteiger partial charge in [0.15, 0.2) is 0 Å². The van der Waals surface area contributed by atoms with E-state index < -0.39 is 29.4 Å². The molecule has 33 heavy (non-hydrogen) atoms. The van der Waals surface area contributed by atoms with E-state index >= 15 is 0 Å². The number of sulfonamides is 1. The molecule has 0 aliphatic heterocycles. The molecule has 0 atom stereocenters. The standard InChI is InChI=1S/C23H19F2N5O2S/c1-15-5-8-21-18(10-15)19(13-26)23(30(21)22-4-2-3-9-27-22)20-7-6-17(14-28-20)33(31,32)29-16(11-24)12-25/h2-10,14,16,29H,11-12H2,1H3. The van der Waals surface area contributed by atoms with Gasteiger partial charge >= 0.3 is 0 Å². The molecule has 1 aromatic carbocycles. The zero-order valence-electron chi connectivity index (χ0n) is 17.5. The highest BCUT2D eigenvalue weighted by Crippen LogP contribution is 2.35. The Morgan fingerprint density at radius 1 is 1.12 bits per heavy atom. The highest BCUT2D eigenvalue weighted by molar-refractivity contribution is 7.89. The van der Waals surface area contributed by atoms with Crippen molar-refractivity contribution in [2.75, 3.05) is 13.3 Å². The number of pyridine rings is 2. The van der Waals surface area contributed by atoms with Crippen molar-refractivity contribution in [1.29, 1.82) is 5.26 Å². The molecule has 1 N–H and O–H groups in total. The fourth-order valence-electron chi connectivity index (χ4n) is 3.56. The van der Waals surface area contributed by atoms with Crippen molar-refractivity contribution >= 4 is 20.9 Å². The highest BCUT2D eigenvalue weighted by Gasteiger charge is 2.24. The number of rotatable bonds is 7. The molecular formula is C23H19F2N5O2S. The molecule has 0 spiro atoms. The lowest BCUT2D eigenvalue weighted by atomic mass is 10.1. The SMILES string of the molecule is Cc1ccc2c(c1)c(C#N)c(-c1ccc(S(=O)(=O)NC(CF)CF)cn1)n2-c1ccccn1. The number of benzene rings is 1. The molecule has 7 nitrogen and oxygen atoms in total. The van der Waals surface area contributed by atoms with Gasteiger partial charge in [-0.25, -0.2) is 26.9 Å². The number of halogens is 2. The van der Waals surface area contributed by atoms with Crippen LogP contribution in [0.3, 0.4) is 0 Å². The molecule has 4 aromatic rings. The van der Waals surface area contributed by atoms with Crippen molar-refractivity contribution in [2.24, 2.45) is 0 Å². The van der Waals surface area contributed by atoms with Crippen molar-refractivity contribution in [3.8, 4) is 23.3 Å². The van der Waals surface area contributed by atoms with Crippen LogP contribution < -0.4 is 4.72 Å². The van der Waals surface area contributed by atoms with E-state index in [4.69, 9.17) is 0 Å². The van der Waals surface area contributed by atoms with E-state index in [1.165, 1.54) is 12.1 Å². The minimum absolute atomic E-state index is 0.243. The zero-order chi connectivity index (χ0) is 23.6. The molecule has 0 saturated carbocycles. The van der Waals surface area contributed by atoms with Crippen LogP contribution in [0.15, 0.2) is 65.8 Å². The third kappa shape index (κ3) is 4.20. The Morgan fingerprint density at radius 3 is 2.52 bits per heavy atom. The molecule has 0 unspecified atom stereocenters. The average molecular weight is 468 g/mol.